The van der Waals surface area contributed by atoms with Crippen LogP contribution in [0.3, 0.4) is 0 Å². The van der Waals surface area contributed by atoms with Gasteiger partial charge >= 0.3 is 0 Å². The minimum Gasteiger partial charge on any atom is -0.483 e. The van der Waals surface area contributed by atoms with Gasteiger partial charge in [0.2, 0.25) is 0 Å². The summed E-state index contributed by atoms with van der Waals surface area (Å²) in [4.78, 5) is 12.3. The number of aryl methyl sites for hydroxylation is 1. The molecule has 0 saturated heterocycles. The molecule has 0 unspecified atom stereocenters. The minimum atomic E-state index is -0.230. The third kappa shape index (κ3) is 5.02. The second kappa shape index (κ2) is 8.32. The molecule has 0 fully saturated rings. The van der Waals surface area contributed by atoms with Crippen molar-refractivity contribution in [1.82, 2.24) is 0 Å². The average molecular weight is 504 g/mol. The van der Waals surface area contributed by atoms with E-state index in [4.69, 9.17) is 16.3 Å². The molecule has 0 bridgehead atoms. The SMILES string of the molecule is Cc1cc(OCC(=O)Nc2ccc(C(C)(C)C)cc2Br)c(Br)c(C)c1Cl. The van der Waals surface area contributed by atoms with Crippen LogP contribution in [-0.2, 0) is 10.2 Å². The van der Waals surface area contributed by atoms with E-state index in [0.717, 1.165) is 20.1 Å². The fraction of sp³-hybridized carbons (Fsp3) is 0.350. The monoisotopic (exact) mass is 501 g/mol. The molecule has 0 atom stereocenters. The van der Waals surface area contributed by atoms with Gasteiger partial charge in [-0.2, -0.15) is 0 Å². The predicted octanol–water partition coefficient (Wildman–Crippen LogP) is 6.80. The number of hydrogen-bond donors (Lipinski definition) is 1. The van der Waals surface area contributed by atoms with Crippen LogP contribution >= 0.6 is 43.5 Å². The van der Waals surface area contributed by atoms with E-state index >= 15 is 0 Å². The highest BCUT2D eigenvalue weighted by molar-refractivity contribution is 9.11. The van der Waals surface area contributed by atoms with Gasteiger partial charge in [0.05, 0.1) is 10.2 Å². The Hall–Kier alpha value is -1.04. The fourth-order valence-corrected chi connectivity index (χ4v) is 3.59. The summed E-state index contributed by atoms with van der Waals surface area (Å²) in [5.74, 6) is 0.369. The van der Waals surface area contributed by atoms with E-state index in [1.165, 1.54) is 5.56 Å². The van der Waals surface area contributed by atoms with Crippen molar-refractivity contribution in [3.05, 3.63) is 54.9 Å². The van der Waals surface area contributed by atoms with Crippen molar-refractivity contribution in [2.75, 3.05) is 11.9 Å². The molecule has 0 aliphatic heterocycles. The van der Waals surface area contributed by atoms with Crippen LogP contribution in [0.15, 0.2) is 33.2 Å². The molecular formula is C20H22Br2ClNO2. The van der Waals surface area contributed by atoms with E-state index in [1.807, 2.05) is 38.1 Å². The molecule has 2 aromatic rings. The summed E-state index contributed by atoms with van der Waals surface area (Å²) in [7, 11) is 0. The summed E-state index contributed by atoms with van der Waals surface area (Å²) in [6.45, 7) is 10.2. The van der Waals surface area contributed by atoms with Gasteiger partial charge < -0.3 is 10.1 Å². The van der Waals surface area contributed by atoms with Gasteiger partial charge in [0.15, 0.2) is 6.61 Å². The molecule has 0 aliphatic carbocycles. The highest BCUT2D eigenvalue weighted by Crippen LogP contribution is 2.36. The zero-order valence-corrected chi connectivity index (χ0v) is 19.4. The van der Waals surface area contributed by atoms with Gasteiger partial charge in [0.25, 0.3) is 5.91 Å². The standard InChI is InChI=1S/C20H22Br2ClNO2/c1-11-8-16(18(22)12(2)19(11)23)26-10-17(25)24-15-7-6-13(9-14(15)21)20(3,4)5/h6-9H,10H2,1-5H3,(H,24,25). The summed E-state index contributed by atoms with van der Waals surface area (Å²) in [5.41, 5.74) is 3.75. The molecule has 0 heterocycles. The Morgan fingerprint density at radius 3 is 2.42 bits per heavy atom. The van der Waals surface area contributed by atoms with E-state index in [-0.39, 0.29) is 17.9 Å². The van der Waals surface area contributed by atoms with Crippen molar-refractivity contribution in [3.8, 4) is 5.75 Å². The number of hydrogen-bond acceptors (Lipinski definition) is 2. The lowest BCUT2D eigenvalue weighted by Gasteiger charge is -2.20. The lowest BCUT2D eigenvalue weighted by Crippen LogP contribution is -2.21. The molecule has 0 radical (unpaired) electrons. The first-order valence-corrected chi connectivity index (χ1v) is 10.1. The molecule has 1 N–H and O–H groups in total. The summed E-state index contributed by atoms with van der Waals surface area (Å²) in [6.07, 6.45) is 0. The Bertz CT molecular complexity index is 845. The maximum Gasteiger partial charge on any atom is 0.262 e. The number of rotatable bonds is 4. The van der Waals surface area contributed by atoms with E-state index in [2.05, 4.69) is 57.9 Å². The molecule has 2 aromatic carbocycles. The normalized spacial score (nSPS) is 11.4. The van der Waals surface area contributed by atoms with Crippen LogP contribution in [0.25, 0.3) is 0 Å². The number of carbonyl (C=O) groups is 1. The lowest BCUT2D eigenvalue weighted by atomic mass is 9.87. The smallest absolute Gasteiger partial charge is 0.262 e. The van der Waals surface area contributed by atoms with Gasteiger partial charge in [-0.25, -0.2) is 0 Å². The Morgan fingerprint density at radius 2 is 1.85 bits per heavy atom. The molecular weight excluding hydrogens is 481 g/mol. The molecule has 0 spiro atoms. The fourth-order valence-electron chi connectivity index (χ4n) is 2.42. The van der Waals surface area contributed by atoms with Crippen molar-refractivity contribution in [3.63, 3.8) is 0 Å². The minimum absolute atomic E-state index is 0.0464. The number of benzene rings is 2. The van der Waals surface area contributed by atoms with Crippen LogP contribution in [0.1, 0.15) is 37.5 Å². The highest BCUT2D eigenvalue weighted by atomic mass is 79.9. The maximum absolute atomic E-state index is 12.3. The van der Waals surface area contributed by atoms with Gasteiger partial charge in [-0.3, -0.25) is 4.79 Å². The van der Waals surface area contributed by atoms with Crippen LogP contribution in [0.5, 0.6) is 5.75 Å². The molecule has 3 nitrogen and oxygen atoms in total. The van der Waals surface area contributed by atoms with Crippen LogP contribution in [-0.4, -0.2) is 12.5 Å². The Kier molecular flexibility index (Phi) is 6.81. The first kappa shape index (κ1) is 21.3. The van der Waals surface area contributed by atoms with Crippen molar-refractivity contribution in [2.24, 2.45) is 0 Å². The first-order chi connectivity index (χ1) is 12.0. The molecule has 140 valence electrons. The van der Waals surface area contributed by atoms with Crippen LogP contribution in [0.2, 0.25) is 5.02 Å². The van der Waals surface area contributed by atoms with E-state index in [1.54, 1.807) is 0 Å². The molecule has 26 heavy (non-hydrogen) atoms. The quantitative estimate of drug-likeness (QED) is 0.499. The zero-order valence-electron chi connectivity index (χ0n) is 15.5. The number of nitrogens with one attached hydrogen (secondary N) is 1. The Labute approximate surface area is 176 Å². The number of anilines is 1. The number of amides is 1. The van der Waals surface area contributed by atoms with Crippen LogP contribution in [0, 0.1) is 13.8 Å². The van der Waals surface area contributed by atoms with Gasteiger partial charge in [-0.15, -0.1) is 0 Å². The Morgan fingerprint density at radius 1 is 1.19 bits per heavy atom. The van der Waals surface area contributed by atoms with Crippen molar-refractivity contribution in [1.29, 1.82) is 0 Å². The van der Waals surface area contributed by atoms with Gasteiger partial charge in [-0.05, 0) is 86.0 Å². The summed E-state index contributed by atoms with van der Waals surface area (Å²) >= 11 is 13.2. The van der Waals surface area contributed by atoms with Crippen molar-refractivity contribution in [2.45, 2.75) is 40.0 Å². The van der Waals surface area contributed by atoms with Crippen molar-refractivity contribution >= 4 is 55.1 Å². The zero-order chi connectivity index (χ0) is 19.6. The molecule has 0 saturated carbocycles. The molecule has 6 heteroatoms. The van der Waals surface area contributed by atoms with E-state index in [9.17, 15) is 4.79 Å². The van der Waals surface area contributed by atoms with Gasteiger partial charge in [0, 0.05) is 9.50 Å². The molecule has 0 aromatic heterocycles. The second-order valence-corrected chi connectivity index (χ2v) is 9.25. The molecule has 0 aliphatic rings. The number of carbonyl (C=O) groups excluding carboxylic acids is 1. The summed E-state index contributed by atoms with van der Waals surface area (Å²) in [6, 6.07) is 7.76. The average Bonchev–Trinajstić information content (AvgIpc) is 2.56. The van der Waals surface area contributed by atoms with E-state index < -0.39 is 0 Å². The van der Waals surface area contributed by atoms with Gasteiger partial charge in [0.1, 0.15) is 5.75 Å². The number of halogens is 3. The third-order valence-corrected chi connectivity index (χ3v) is 6.26. The van der Waals surface area contributed by atoms with Crippen LogP contribution in [0.4, 0.5) is 5.69 Å². The lowest BCUT2D eigenvalue weighted by molar-refractivity contribution is -0.118. The van der Waals surface area contributed by atoms with Gasteiger partial charge in [-0.1, -0.05) is 38.4 Å². The summed E-state index contributed by atoms with van der Waals surface area (Å²) < 4.78 is 7.28. The molecule has 1 amide bonds. The molecule has 2 rings (SSSR count). The van der Waals surface area contributed by atoms with Crippen molar-refractivity contribution < 1.29 is 9.53 Å². The van der Waals surface area contributed by atoms with E-state index in [0.29, 0.717) is 16.5 Å². The topological polar surface area (TPSA) is 38.3 Å². The summed E-state index contributed by atoms with van der Waals surface area (Å²) in [5, 5.41) is 3.56. The predicted molar refractivity (Wildman–Crippen MR) is 116 cm³/mol. The third-order valence-electron chi connectivity index (χ3n) is 4.04. The maximum atomic E-state index is 12.3. The number of ether oxygens (including phenoxy) is 1. The first-order valence-electron chi connectivity index (χ1n) is 8.18. The Balaban J connectivity index is 2.06. The second-order valence-electron chi connectivity index (χ2n) is 7.23. The van der Waals surface area contributed by atoms with Crippen LogP contribution < -0.4 is 10.1 Å². The highest BCUT2D eigenvalue weighted by Gasteiger charge is 2.16. The largest absolute Gasteiger partial charge is 0.483 e.